The molecule has 2 fully saturated rings. The van der Waals surface area contributed by atoms with E-state index in [2.05, 4.69) is 4.90 Å². The monoisotopic (exact) mass is 417 g/mol. The first-order chi connectivity index (χ1) is 14.4. The van der Waals surface area contributed by atoms with E-state index in [0.29, 0.717) is 19.1 Å². The van der Waals surface area contributed by atoms with E-state index in [0.717, 1.165) is 69.7 Å². The second-order valence-electron chi connectivity index (χ2n) is 8.98. The second-order valence-corrected chi connectivity index (χ2v) is 8.98. The Morgan fingerprint density at radius 3 is 2.50 bits per heavy atom. The van der Waals surface area contributed by atoms with Crippen LogP contribution in [-0.2, 0) is 14.9 Å². The predicted octanol–water partition coefficient (Wildman–Crippen LogP) is 3.39. The van der Waals surface area contributed by atoms with Gasteiger partial charge < -0.3 is 19.4 Å². The summed E-state index contributed by atoms with van der Waals surface area (Å²) in [5, 5.41) is 0. The van der Waals surface area contributed by atoms with Crippen molar-refractivity contribution < 1.29 is 18.7 Å². The Balaban J connectivity index is 1.34. The summed E-state index contributed by atoms with van der Waals surface area (Å²) in [5.41, 5.74) is 1.75. The lowest BCUT2D eigenvalue weighted by molar-refractivity contribution is -0.116. The van der Waals surface area contributed by atoms with E-state index >= 15 is 0 Å². The molecule has 30 heavy (non-hydrogen) atoms. The van der Waals surface area contributed by atoms with Crippen molar-refractivity contribution in [2.45, 2.75) is 44.9 Å². The van der Waals surface area contributed by atoms with Crippen molar-refractivity contribution in [1.29, 1.82) is 0 Å². The molecule has 0 atom stereocenters. The highest BCUT2D eigenvalue weighted by molar-refractivity contribution is 5.94. The van der Waals surface area contributed by atoms with E-state index in [1.165, 1.54) is 6.07 Å². The highest BCUT2D eigenvalue weighted by Gasteiger charge is 2.46. The molecule has 0 aliphatic carbocycles. The van der Waals surface area contributed by atoms with Gasteiger partial charge in [-0.05, 0) is 75.4 Å². The minimum absolute atomic E-state index is 0.0236. The van der Waals surface area contributed by atoms with Gasteiger partial charge in [0.25, 0.3) is 0 Å². The fraction of sp³-hybridized carbons (Fsp3) is 0.652. The minimum Gasteiger partial charge on any atom is -0.450 e. The topological polar surface area (TPSA) is 53.1 Å². The lowest BCUT2D eigenvalue weighted by Crippen LogP contribution is -2.48. The molecule has 3 aliphatic heterocycles. The van der Waals surface area contributed by atoms with Gasteiger partial charge in [-0.2, -0.15) is 0 Å². The van der Waals surface area contributed by atoms with Crippen LogP contribution in [0.25, 0.3) is 0 Å². The zero-order valence-electron chi connectivity index (χ0n) is 18.0. The summed E-state index contributed by atoms with van der Waals surface area (Å²) in [6.45, 7) is 8.99. The van der Waals surface area contributed by atoms with Crippen molar-refractivity contribution in [2.75, 3.05) is 50.8 Å². The van der Waals surface area contributed by atoms with Gasteiger partial charge >= 0.3 is 6.09 Å². The number of hydrogen-bond acceptors (Lipinski definition) is 4. The van der Waals surface area contributed by atoms with Crippen molar-refractivity contribution in [2.24, 2.45) is 5.92 Å². The van der Waals surface area contributed by atoms with Crippen molar-refractivity contribution in [3.63, 3.8) is 0 Å². The van der Waals surface area contributed by atoms with Crippen molar-refractivity contribution >= 4 is 17.7 Å². The fourth-order valence-corrected chi connectivity index (χ4v) is 5.39. The SMILES string of the molecule is CCOC(=O)N1CCC(CN2CCC3(CC2)CN(C(C)=O)c2ccc(F)cc23)CC1. The number of carbonyl (C=O) groups is 2. The Hall–Kier alpha value is -2.15. The summed E-state index contributed by atoms with van der Waals surface area (Å²) in [6.07, 6.45) is 3.70. The molecule has 1 aromatic carbocycles. The molecule has 2 amide bonds. The molecule has 3 heterocycles. The van der Waals surface area contributed by atoms with E-state index in [1.54, 1.807) is 19.1 Å². The maximum atomic E-state index is 14.0. The molecule has 1 aromatic rings. The largest absolute Gasteiger partial charge is 0.450 e. The Labute approximate surface area is 177 Å². The first-order valence-corrected chi connectivity index (χ1v) is 11.1. The first kappa shape index (κ1) is 21.1. The van der Waals surface area contributed by atoms with Gasteiger partial charge in [-0.1, -0.05) is 0 Å². The highest BCUT2D eigenvalue weighted by Crippen LogP contribution is 2.47. The molecular weight excluding hydrogens is 385 g/mol. The van der Waals surface area contributed by atoms with Crippen molar-refractivity contribution in [1.82, 2.24) is 9.80 Å². The lowest BCUT2D eigenvalue weighted by Gasteiger charge is -2.42. The minimum atomic E-state index is -0.227. The highest BCUT2D eigenvalue weighted by atomic mass is 19.1. The number of piperidine rings is 2. The summed E-state index contributed by atoms with van der Waals surface area (Å²) in [6, 6.07) is 4.84. The zero-order valence-corrected chi connectivity index (χ0v) is 18.0. The number of carbonyl (C=O) groups excluding carboxylic acids is 2. The van der Waals surface area contributed by atoms with E-state index < -0.39 is 0 Å². The quantitative estimate of drug-likeness (QED) is 0.757. The standard InChI is InChI=1S/C23H32FN3O3/c1-3-30-22(29)26-10-6-18(7-11-26)15-25-12-8-23(9-13-25)16-27(17(2)28)21-5-4-19(24)14-20(21)23/h4-5,14,18H,3,6-13,15-16H2,1-2H3. The molecule has 2 saturated heterocycles. The first-order valence-electron chi connectivity index (χ1n) is 11.1. The number of rotatable bonds is 3. The van der Waals surface area contributed by atoms with Crippen LogP contribution in [-0.4, -0.2) is 67.7 Å². The van der Waals surface area contributed by atoms with Gasteiger partial charge in [-0.3, -0.25) is 4.79 Å². The van der Waals surface area contributed by atoms with E-state index in [4.69, 9.17) is 4.74 Å². The Morgan fingerprint density at radius 1 is 1.17 bits per heavy atom. The number of benzene rings is 1. The van der Waals surface area contributed by atoms with Gasteiger partial charge in [0.15, 0.2) is 0 Å². The number of halogens is 1. The van der Waals surface area contributed by atoms with Gasteiger partial charge in [-0.25, -0.2) is 9.18 Å². The Kier molecular flexibility index (Phi) is 6.00. The van der Waals surface area contributed by atoms with Crippen LogP contribution in [0.3, 0.4) is 0 Å². The summed E-state index contributed by atoms with van der Waals surface area (Å²) in [5.74, 6) is 0.386. The lowest BCUT2D eigenvalue weighted by atomic mass is 9.74. The maximum absolute atomic E-state index is 14.0. The van der Waals surface area contributed by atoms with Crippen LogP contribution >= 0.6 is 0 Å². The van der Waals surface area contributed by atoms with Crippen LogP contribution in [0.15, 0.2) is 18.2 Å². The van der Waals surface area contributed by atoms with Crippen LogP contribution < -0.4 is 4.90 Å². The van der Waals surface area contributed by atoms with Gasteiger partial charge in [0.2, 0.25) is 5.91 Å². The van der Waals surface area contributed by atoms with Crippen LogP contribution in [0, 0.1) is 11.7 Å². The molecular formula is C23H32FN3O3. The zero-order chi connectivity index (χ0) is 21.3. The normalized spacial score (nSPS) is 21.7. The number of nitrogens with zero attached hydrogens (tertiary/aromatic N) is 3. The molecule has 0 aromatic heterocycles. The third-order valence-electron chi connectivity index (χ3n) is 7.13. The predicted molar refractivity (Wildman–Crippen MR) is 113 cm³/mol. The second kappa shape index (κ2) is 8.53. The van der Waals surface area contributed by atoms with Crippen LogP contribution in [0.5, 0.6) is 0 Å². The molecule has 0 N–H and O–H groups in total. The van der Waals surface area contributed by atoms with Crippen molar-refractivity contribution in [3.05, 3.63) is 29.6 Å². The molecule has 0 bridgehead atoms. The smallest absolute Gasteiger partial charge is 0.409 e. The average molecular weight is 418 g/mol. The molecule has 0 saturated carbocycles. The molecule has 1 spiro atoms. The van der Waals surface area contributed by atoms with Crippen LogP contribution in [0.2, 0.25) is 0 Å². The number of fused-ring (bicyclic) bond motifs is 2. The third kappa shape index (κ3) is 4.04. The van der Waals surface area contributed by atoms with E-state index in [9.17, 15) is 14.0 Å². The number of hydrogen-bond donors (Lipinski definition) is 0. The molecule has 164 valence electrons. The molecule has 0 unspecified atom stereocenters. The Bertz CT molecular complexity index is 799. The summed E-state index contributed by atoms with van der Waals surface area (Å²) >= 11 is 0. The van der Waals surface area contributed by atoms with Gasteiger partial charge in [0.05, 0.1) is 6.61 Å². The fourth-order valence-electron chi connectivity index (χ4n) is 5.39. The van der Waals surface area contributed by atoms with Crippen LogP contribution in [0.4, 0.5) is 14.9 Å². The average Bonchev–Trinajstić information content (AvgIpc) is 3.04. The molecule has 3 aliphatic rings. The molecule has 7 heteroatoms. The molecule has 0 radical (unpaired) electrons. The van der Waals surface area contributed by atoms with Crippen molar-refractivity contribution in [3.8, 4) is 0 Å². The van der Waals surface area contributed by atoms with Crippen LogP contribution in [0.1, 0.15) is 45.1 Å². The van der Waals surface area contributed by atoms with E-state index in [-0.39, 0.29) is 23.2 Å². The number of likely N-dealkylation sites (tertiary alicyclic amines) is 2. The number of amides is 2. The summed E-state index contributed by atoms with van der Waals surface area (Å²) in [7, 11) is 0. The number of anilines is 1. The molecule has 4 rings (SSSR count). The third-order valence-corrected chi connectivity index (χ3v) is 7.13. The molecule has 6 nitrogen and oxygen atoms in total. The number of ether oxygens (including phenoxy) is 1. The summed E-state index contributed by atoms with van der Waals surface area (Å²) < 4.78 is 19.1. The Morgan fingerprint density at radius 2 is 1.87 bits per heavy atom. The van der Waals surface area contributed by atoms with Gasteiger partial charge in [0, 0.05) is 44.2 Å². The maximum Gasteiger partial charge on any atom is 0.409 e. The van der Waals surface area contributed by atoms with Gasteiger partial charge in [0.1, 0.15) is 5.82 Å². The summed E-state index contributed by atoms with van der Waals surface area (Å²) in [4.78, 5) is 30.2. The van der Waals surface area contributed by atoms with E-state index in [1.807, 2.05) is 16.7 Å². The van der Waals surface area contributed by atoms with Gasteiger partial charge in [-0.15, -0.1) is 0 Å².